The summed E-state index contributed by atoms with van der Waals surface area (Å²) in [5, 5.41) is 0. The summed E-state index contributed by atoms with van der Waals surface area (Å²) in [5.74, 6) is 2.55. The number of methoxy groups -OCH3 is 3. The lowest BCUT2D eigenvalue weighted by molar-refractivity contribution is 0.278. The Morgan fingerprint density at radius 3 is 2.16 bits per heavy atom. The Bertz CT molecular complexity index is 1380. The third-order valence-corrected chi connectivity index (χ3v) is 8.35. The van der Waals surface area contributed by atoms with Crippen LogP contribution in [0.5, 0.6) is 17.2 Å². The molecule has 0 aliphatic carbocycles. The molecule has 5 rings (SSSR count). The van der Waals surface area contributed by atoms with Crippen LogP contribution in [0.1, 0.15) is 5.56 Å². The molecule has 1 saturated heterocycles. The average molecular weight is 522 g/mol. The zero-order valence-electron chi connectivity index (χ0n) is 21.2. The second-order valence-corrected chi connectivity index (χ2v) is 11.4. The van der Waals surface area contributed by atoms with Crippen LogP contribution in [0.25, 0.3) is 33.4 Å². The van der Waals surface area contributed by atoms with Gasteiger partial charge in [-0.15, -0.1) is 0 Å². The number of hydrogen-bond acceptors (Lipinski definition) is 8. The highest BCUT2D eigenvalue weighted by atomic mass is 32.3. The maximum atomic E-state index is 9.86. The van der Waals surface area contributed by atoms with E-state index in [1.54, 1.807) is 27.5 Å². The van der Waals surface area contributed by atoms with E-state index in [1.165, 1.54) is 5.56 Å². The molecule has 3 aromatic carbocycles. The molecule has 0 bridgehead atoms. The van der Waals surface area contributed by atoms with Crippen molar-refractivity contribution in [3.8, 4) is 39.6 Å². The first-order chi connectivity index (χ1) is 17.9. The van der Waals surface area contributed by atoms with Gasteiger partial charge in [-0.2, -0.15) is 10.6 Å². The van der Waals surface area contributed by atoms with Gasteiger partial charge in [0.05, 0.1) is 55.8 Å². The van der Waals surface area contributed by atoms with Crippen molar-refractivity contribution in [1.82, 2.24) is 14.9 Å². The maximum absolute atomic E-state index is 9.86. The number of nitrogens with zero attached hydrogens (tertiary/aromatic N) is 3. The number of fused-ring (bicyclic) bond motifs is 1. The van der Waals surface area contributed by atoms with Crippen molar-refractivity contribution in [2.75, 3.05) is 45.9 Å². The van der Waals surface area contributed by atoms with Crippen molar-refractivity contribution in [2.45, 2.75) is 6.54 Å². The molecule has 2 heterocycles. The van der Waals surface area contributed by atoms with Crippen LogP contribution in [-0.2, 0) is 6.54 Å². The Labute approximate surface area is 218 Å². The van der Waals surface area contributed by atoms with Gasteiger partial charge in [-0.1, -0.05) is 36.4 Å². The van der Waals surface area contributed by atoms with E-state index < -0.39 is 10.6 Å². The summed E-state index contributed by atoms with van der Waals surface area (Å²) in [7, 11) is 2.38. The number of para-hydroxylation sites is 1. The lowest BCUT2D eigenvalue weighted by Gasteiger charge is -2.41. The third-order valence-electron chi connectivity index (χ3n) is 6.67. The minimum absolute atomic E-state index is 0.452. The summed E-state index contributed by atoms with van der Waals surface area (Å²) in [6.45, 7) is 2.19. The number of rotatable bonds is 7. The Morgan fingerprint density at radius 2 is 1.54 bits per heavy atom. The van der Waals surface area contributed by atoms with E-state index in [2.05, 4.69) is 40.2 Å². The highest BCUT2D eigenvalue weighted by molar-refractivity contribution is 8.24. The lowest BCUT2D eigenvalue weighted by atomic mass is 10.0. The fourth-order valence-electron chi connectivity index (χ4n) is 4.60. The van der Waals surface area contributed by atoms with Gasteiger partial charge in [0.2, 0.25) is 5.75 Å². The van der Waals surface area contributed by atoms with Gasteiger partial charge < -0.3 is 14.2 Å². The standard InChI is InChI=1S/C28H31N3O5S/c1-34-25-15-21(16-26(35-2)28(25)36-3)24-17-29-23-6-4-5-22(27(23)30-24)20-9-7-19(8-10-20)18-31-11-13-37(32,33)14-12-31/h4-10,15-17,32-33H,11-14,18H2,1-3H3. The molecule has 2 N–H and O–H groups in total. The van der Waals surface area contributed by atoms with Crippen molar-refractivity contribution in [3.05, 3.63) is 66.4 Å². The molecule has 1 aromatic heterocycles. The second kappa shape index (κ2) is 10.5. The van der Waals surface area contributed by atoms with Gasteiger partial charge in [-0.25, -0.2) is 4.98 Å². The summed E-state index contributed by atoms with van der Waals surface area (Å²) in [6, 6.07) is 18.2. The summed E-state index contributed by atoms with van der Waals surface area (Å²) in [6.07, 6.45) is 1.75. The zero-order chi connectivity index (χ0) is 26.0. The highest BCUT2D eigenvalue weighted by Crippen LogP contribution is 2.42. The maximum Gasteiger partial charge on any atom is 0.203 e. The third kappa shape index (κ3) is 5.35. The molecule has 194 valence electrons. The lowest BCUT2D eigenvalue weighted by Crippen LogP contribution is -2.37. The van der Waals surface area contributed by atoms with Crippen molar-refractivity contribution in [1.29, 1.82) is 0 Å². The first-order valence-electron chi connectivity index (χ1n) is 12.0. The van der Waals surface area contributed by atoms with Gasteiger partial charge >= 0.3 is 0 Å². The Hall–Kier alpha value is -3.37. The molecule has 0 unspecified atom stereocenters. The predicted molar refractivity (Wildman–Crippen MR) is 148 cm³/mol. The zero-order valence-corrected chi connectivity index (χ0v) is 22.0. The summed E-state index contributed by atoms with van der Waals surface area (Å²) in [4.78, 5) is 11.9. The largest absolute Gasteiger partial charge is 0.493 e. The van der Waals surface area contributed by atoms with E-state index in [0.29, 0.717) is 47.5 Å². The topological polar surface area (TPSA) is 97.2 Å². The van der Waals surface area contributed by atoms with E-state index in [9.17, 15) is 9.11 Å². The SMILES string of the molecule is COc1cc(-c2cnc3cccc(-c4ccc(CN5CCS(O)(O)CC5)cc4)c3n2)cc(OC)c1OC. The van der Waals surface area contributed by atoms with E-state index in [4.69, 9.17) is 19.2 Å². The molecular formula is C28H31N3O5S. The van der Waals surface area contributed by atoms with Gasteiger partial charge in [0, 0.05) is 30.8 Å². The highest BCUT2D eigenvalue weighted by Gasteiger charge is 2.22. The van der Waals surface area contributed by atoms with E-state index in [-0.39, 0.29) is 0 Å². The second-order valence-electron chi connectivity index (χ2n) is 9.03. The van der Waals surface area contributed by atoms with Crippen molar-refractivity contribution in [3.63, 3.8) is 0 Å². The van der Waals surface area contributed by atoms with Crippen LogP contribution in [-0.4, -0.2) is 69.9 Å². The molecule has 1 aliphatic rings. The Balaban J connectivity index is 1.46. The van der Waals surface area contributed by atoms with Gasteiger partial charge in [-0.05, 0) is 29.3 Å². The monoisotopic (exact) mass is 521 g/mol. The summed E-state index contributed by atoms with van der Waals surface area (Å²) < 4.78 is 36.2. The van der Waals surface area contributed by atoms with E-state index >= 15 is 0 Å². The van der Waals surface area contributed by atoms with Gasteiger partial charge in [0.25, 0.3) is 0 Å². The molecule has 1 aliphatic heterocycles. The normalized spacial score (nSPS) is 16.4. The number of benzene rings is 3. The minimum atomic E-state index is -2.38. The molecule has 1 fully saturated rings. The molecule has 4 aromatic rings. The van der Waals surface area contributed by atoms with Crippen molar-refractivity contribution in [2.24, 2.45) is 0 Å². The smallest absolute Gasteiger partial charge is 0.203 e. The first-order valence-corrected chi connectivity index (χ1v) is 13.9. The summed E-state index contributed by atoms with van der Waals surface area (Å²) >= 11 is 0. The molecule has 8 nitrogen and oxygen atoms in total. The van der Waals surface area contributed by atoms with Crippen LogP contribution in [0.3, 0.4) is 0 Å². The molecule has 0 spiro atoms. The Morgan fingerprint density at radius 1 is 0.865 bits per heavy atom. The molecule has 0 saturated carbocycles. The van der Waals surface area contributed by atoms with Gasteiger partial charge in [-0.3, -0.25) is 19.0 Å². The molecule has 0 atom stereocenters. The van der Waals surface area contributed by atoms with Crippen LogP contribution in [0.15, 0.2) is 60.8 Å². The minimum Gasteiger partial charge on any atom is -0.493 e. The fourth-order valence-corrected chi connectivity index (χ4v) is 5.91. The van der Waals surface area contributed by atoms with E-state index in [1.807, 2.05) is 24.3 Å². The number of ether oxygens (including phenoxy) is 3. The van der Waals surface area contributed by atoms with Crippen LogP contribution < -0.4 is 14.2 Å². The van der Waals surface area contributed by atoms with E-state index in [0.717, 1.165) is 34.3 Å². The van der Waals surface area contributed by atoms with Crippen LogP contribution >= 0.6 is 10.6 Å². The van der Waals surface area contributed by atoms with Crippen LogP contribution in [0, 0.1) is 0 Å². The fraction of sp³-hybridized carbons (Fsp3) is 0.286. The molecule has 0 amide bonds. The van der Waals surface area contributed by atoms with Crippen LogP contribution in [0.4, 0.5) is 0 Å². The quantitative estimate of drug-likeness (QED) is 0.326. The first kappa shape index (κ1) is 25.3. The van der Waals surface area contributed by atoms with Crippen molar-refractivity contribution >= 4 is 21.6 Å². The van der Waals surface area contributed by atoms with Gasteiger partial charge in [0.15, 0.2) is 11.5 Å². The number of aromatic nitrogens is 2. The van der Waals surface area contributed by atoms with Crippen LogP contribution in [0.2, 0.25) is 0 Å². The molecular weight excluding hydrogens is 490 g/mol. The summed E-state index contributed by atoms with van der Waals surface area (Å²) in [5.41, 5.74) is 6.37. The molecule has 9 heteroatoms. The Kier molecular flexibility index (Phi) is 7.21. The van der Waals surface area contributed by atoms with Crippen molar-refractivity contribution < 1.29 is 23.3 Å². The average Bonchev–Trinajstić information content (AvgIpc) is 2.93. The predicted octanol–water partition coefficient (Wildman–Crippen LogP) is 5.56. The molecule has 0 radical (unpaired) electrons. The molecule has 37 heavy (non-hydrogen) atoms. The number of hydrogen-bond donors (Lipinski definition) is 2. The van der Waals surface area contributed by atoms with Gasteiger partial charge in [0.1, 0.15) is 0 Å².